The van der Waals surface area contributed by atoms with E-state index in [1.165, 1.54) is 4.31 Å². The number of carbonyl (C=O) groups excluding carboxylic acids is 1. The smallest absolute Gasteiger partial charge is 0.254 e. The lowest BCUT2D eigenvalue weighted by Crippen LogP contribution is -2.37. The summed E-state index contributed by atoms with van der Waals surface area (Å²) in [5, 5.41) is 0. The predicted octanol–water partition coefficient (Wildman–Crippen LogP) is 2.18. The van der Waals surface area contributed by atoms with Gasteiger partial charge < -0.3 is 4.90 Å². The highest BCUT2D eigenvalue weighted by Gasteiger charge is 2.28. The molecular weight excluding hydrogens is 350 g/mol. The van der Waals surface area contributed by atoms with Crippen molar-refractivity contribution in [1.82, 2.24) is 14.2 Å². The maximum Gasteiger partial charge on any atom is 0.254 e. The van der Waals surface area contributed by atoms with Crippen molar-refractivity contribution >= 4 is 15.9 Å². The summed E-state index contributed by atoms with van der Waals surface area (Å²) in [6.45, 7) is 3.68. The highest BCUT2D eigenvalue weighted by Crippen LogP contribution is 2.19. The van der Waals surface area contributed by atoms with Gasteiger partial charge in [-0.25, -0.2) is 8.42 Å². The van der Waals surface area contributed by atoms with Crippen LogP contribution >= 0.6 is 0 Å². The van der Waals surface area contributed by atoms with Crippen LogP contribution in [0.3, 0.4) is 0 Å². The summed E-state index contributed by atoms with van der Waals surface area (Å²) in [5.41, 5.74) is 1.68. The first kappa shape index (κ1) is 18.5. The van der Waals surface area contributed by atoms with Gasteiger partial charge in [0.25, 0.3) is 5.91 Å². The molecule has 0 atom stereocenters. The number of hydrogen-bond acceptors (Lipinski definition) is 4. The number of nitrogens with zero attached hydrogens (tertiary/aromatic N) is 3. The van der Waals surface area contributed by atoms with Crippen molar-refractivity contribution in [3.8, 4) is 0 Å². The van der Waals surface area contributed by atoms with Crippen molar-refractivity contribution in [2.24, 2.45) is 0 Å². The molecule has 0 N–H and O–H groups in total. The molecule has 26 heavy (non-hydrogen) atoms. The van der Waals surface area contributed by atoms with Crippen molar-refractivity contribution in [1.29, 1.82) is 0 Å². The van der Waals surface area contributed by atoms with Gasteiger partial charge in [-0.15, -0.1) is 0 Å². The van der Waals surface area contributed by atoms with E-state index < -0.39 is 10.0 Å². The van der Waals surface area contributed by atoms with Crippen LogP contribution < -0.4 is 0 Å². The minimum Gasteiger partial charge on any atom is -0.337 e. The van der Waals surface area contributed by atoms with Crippen molar-refractivity contribution in [2.75, 3.05) is 26.2 Å². The lowest BCUT2D eigenvalue weighted by molar-refractivity contribution is 0.0764. The van der Waals surface area contributed by atoms with Crippen LogP contribution in [0.4, 0.5) is 0 Å². The van der Waals surface area contributed by atoms with Crippen molar-refractivity contribution in [3.63, 3.8) is 0 Å². The third-order valence-corrected chi connectivity index (χ3v) is 6.55. The molecule has 1 aromatic carbocycles. The highest BCUT2D eigenvalue weighted by atomic mass is 32.2. The van der Waals surface area contributed by atoms with Gasteiger partial charge in [0.05, 0.1) is 4.90 Å². The Kier molecular flexibility index (Phi) is 5.68. The average molecular weight is 373 g/mol. The second kappa shape index (κ2) is 7.97. The molecule has 0 saturated carbocycles. The second-order valence-electron chi connectivity index (χ2n) is 6.28. The summed E-state index contributed by atoms with van der Waals surface area (Å²) >= 11 is 0. The zero-order valence-corrected chi connectivity index (χ0v) is 15.7. The fourth-order valence-corrected chi connectivity index (χ4v) is 4.53. The molecule has 1 fully saturated rings. The van der Waals surface area contributed by atoms with Gasteiger partial charge in [-0.2, -0.15) is 4.31 Å². The van der Waals surface area contributed by atoms with E-state index in [0.717, 1.165) is 12.0 Å². The van der Waals surface area contributed by atoms with Gasteiger partial charge in [0, 0.05) is 44.1 Å². The van der Waals surface area contributed by atoms with Crippen LogP contribution in [-0.4, -0.2) is 54.7 Å². The molecule has 0 aliphatic carbocycles. The predicted molar refractivity (Wildman–Crippen MR) is 99.3 cm³/mol. The number of aryl methyl sites for hydroxylation is 1. The van der Waals surface area contributed by atoms with E-state index in [0.29, 0.717) is 43.1 Å². The van der Waals surface area contributed by atoms with E-state index in [2.05, 4.69) is 4.98 Å². The molecular formula is C19H23N3O3S. The molecule has 3 rings (SSSR count). The third-order valence-electron chi connectivity index (χ3n) is 4.64. The van der Waals surface area contributed by atoms with Crippen molar-refractivity contribution in [3.05, 3.63) is 59.9 Å². The summed E-state index contributed by atoms with van der Waals surface area (Å²) in [4.78, 5) is 18.5. The Bertz CT molecular complexity index is 851. The summed E-state index contributed by atoms with van der Waals surface area (Å²) in [6.07, 6.45) is 4.66. The monoisotopic (exact) mass is 373 g/mol. The number of sulfonamides is 1. The van der Waals surface area contributed by atoms with Gasteiger partial charge in [0.15, 0.2) is 0 Å². The van der Waals surface area contributed by atoms with Gasteiger partial charge in [-0.05, 0) is 42.7 Å². The number of benzene rings is 1. The Hall–Kier alpha value is -2.25. The SMILES string of the molecule is CCc1ccc(S(=O)(=O)N2CCCN(C(=O)c3ccncc3)CC2)cc1. The van der Waals surface area contributed by atoms with Crippen LogP contribution in [0.1, 0.15) is 29.3 Å². The Morgan fingerprint density at radius 2 is 1.69 bits per heavy atom. The Morgan fingerprint density at radius 3 is 2.35 bits per heavy atom. The van der Waals surface area contributed by atoms with E-state index in [-0.39, 0.29) is 5.91 Å². The number of carbonyl (C=O) groups is 1. The minimum atomic E-state index is -3.54. The Balaban J connectivity index is 1.72. The summed E-state index contributed by atoms with van der Waals surface area (Å²) in [7, 11) is -3.54. The Morgan fingerprint density at radius 1 is 1.00 bits per heavy atom. The zero-order chi connectivity index (χ0) is 18.6. The molecule has 1 aliphatic heterocycles. The van der Waals surface area contributed by atoms with E-state index in [9.17, 15) is 13.2 Å². The molecule has 1 amide bonds. The van der Waals surface area contributed by atoms with Crippen molar-refractivity contribution < 1.29 is 13.2 Å². The number of aromatic nitrogens is 1. The first-order chi connectivity index (χ1) is 12.5. The van der Waals surface area contributed by atoms with Crippen LogP contribution in [0.25, 0.3) is 0 Å². The van der Waals surface area contributed by atoms with E-state index in [1.54, 1.807) is 41.6 Å². The molecule has 1 aliphatic rings. The lowest BCUT2D eigenvalue weighted by atomic mass is 10.2. The zero-order valence-electron chi connectivity index (χ0n) is 14.8. The molecule has 138 valence electrons. The average Bonchev–Trinajstić information content (AvgIpc) is 2.95. The van der Waals surface area contributed by atoms with Gasteiger partial charge in [-0.1, -0.05) is 19.1 Å². The largest absolute Gasteiger partial charge is 0.337 e. The van der Waals surface area contributed by atoms with Gasteiger partial charge in [-0.3, -0.25) is 9.78 Å². The van der Waals surface area contributed by atoms with Gasteiger partial charge in [0.2, 0.25) is 10.0 Å². The molecule has 0 radical (unpaired) electrons. The van der Waals surface area contributed by atoms with Crippen LogP contribution in [0, 0.1) is 0 Å². The summed E-state index contributed by atoms with van der Waals surface area (Å²) in [6, 6.07) is 10.4. The highest BCUT2D eigenvalue weighted by molar-refractivity contribution is 7.89. The lowest BCUT2D eigenvalue weighted by Gasteiger charge is -2.22. The van der Waals surface area contributed by atoms with Crippen LogP contribution in [0.5, 0.6) is 0 Å². The number of rotatable bonds is 4. The van der Waals surface area contributed by atoms with E-state index >= 15 is 0 Å². The number of amides is 1. The minimum absolute atomic E-state index is 0.0843. The fraction of sp³-hybridized carbons (Fsp3) is 0.368. The molecule has 1 aromatic heterocycles. The normalized spacial score (nSPS) is 16.3. The van der Waals surface area contributed by atoms with Crippen molar-refractivity contribution in [2.45, 2.75) is 24.7 Å². The maximum atomic E-state index is 12.9. The fourth-order valence-electron chi connectivity index (χ4n) is 3.06. The number of pyridine rings is 1. The standard InChI is InChI=1S/C19H23N3O3S/c1-2-16-4-6-18(7-5-16)26(24,25)22-13-3-12-21(14-15-22)19(23)17-8-10-20-11-9-17/h4-11H,2-3,12-15H2,1H3. The molecule has 1 saturated heterocycles. The Labute approximate surface area is 154 Å². The van der Waals surface area contributed by atoms with E-state index in [4.69, 9.17) is 0 Å². The van der Waals surface area contributed by atoms with Crippen LogP contribution in [0.2, 0.25) is 0 Å². The molecule has 7 heteroatoms. The quantitative estimate of drug-likeness (QED) is 0.824. The first-order valence-corrected chi connectivity index (χ1v) is 10.2. The van der Waals surface area contributed by atoms with E-state index in [1.807, 2.05) is 19.1 Å². The molecule has 2 aromatic rings. The summed E-state index contributed by atoms with van der Waals surface area (Å²) < 4.78 is 27.3. The molecule has 2 heterocycles. The van der Waals surface area contributed by atoms with Crippen LogP contribution in [-0.2, 0) is 16.4 Å². The molecule has 0 unspecified atom stereocenters. The molecule has 0 spiro atoms. The summed E-state index contributed by atoms with van der Waals surface area (Å²) in [5.74, 6) is -0.0843. The molecule has 6 nitrogen and oxygen atoms in total. The first-order valence-electron chi connectivity index (χ1n) is 8.81. The molecule has 0 bridgehead atoms. The van der Waals surface area contributed by atoms with Gasteiger partial charge in [0.1, 0.15) is 0 Å². The third kappa shape index (κ3) is 3.94. The maximum absolute atomic E-state index is 12.9. The second-order valence-corrected chi connectivity index (χ2v) is 8.22. The number of hydrogen-bond donors (Lipinski definition) is 0. The van der Waals surface area contributed by atoms with Crippen LogP contribution in [0.15, 0.2) is 53.7 Å². The topological polar surface area (TPSA) is 70.6 Å². The van der Waals surface area contributed by atoms with Gasteiger partial charge >= 0.3 is 0 Å².